The van der Waals surface area contributed by atoms with E-state index in [2.05, 4.69) is 282 Å². The molecule has 0 unspecified atom stereocenters. The van der Waals surface area contributed by atoms with Crippen molar-refractivity contribution in [1.82, 2.24) is 4.57 Å². The molecule has 0 bridgehead atoms. The van der Waals surface area contributed by atoms with Crippen molar-refractivity contribution in [2.75, 3.05) is 4.90 Å². The highest BCUT2D eigenvalue weighted by Crippen LogP contribution is 2.47. The monoisotopic (exact) mass is 876 g/mol. The molecular formula is C66H56N2. The maximum atomic E-state index is 2.46. The second kappa shape index (κ2) is 17.0. The van der Waals surface area contributed by atoms with Crippen LogP contribution >= 0.6 is 0 Å². The Morgan fingerprint density at radius 2 is 0.897 bits per heavy atom. The van der Waals surface area contributed by atoms with Gasteiger partial charge in [-0.05, 0) is 115 Å². The van der Waals surface area contributed by atoms with Gasteiger partial charge in [0.15, 0.2) is 0 Å². The summed E-state index contributed by atoms with van der Waals surface area (Å²) < 4.78 is 2.43. The van der Waals surface area contributed by atoms with Gasteiger partial charge >= 0.3 is 0 Å². The molecule has 10 aromatic carbocycles. The molecule has 11 aromatic rings. The van der Waals surface area contributed by atoms with Gasteiger partial charge in [0.2, 0.25) is 0 Å². The van der Waals surface area contributed by atoms with Crippen molar-refractivity contribution >= 4 is 49.6 Å². The van der Waals surface area contributed by atoms with E-state index in [-0.39, 0.29) is 10.8 Å². The molecule has 0 N–H and O–H groups in total. The van der Waals surface area contributed by atoms with E-state index in [0.29, 0.717) is 0 Å². The average Bonchev–Trinajstić information content (AvgIpc) is 3.71. The molecule has 0 aliphatic heterocycles. The first-order chi connectivity index (χ1) is 33.0. The van der Waals surface area contributed by atoms with Crippen LogP contribution in [-0.4, -0.2) is 4.57 Å². The smallest absolute Gasteiger partial charge is 0.0619 e. The molecule has 2 heteroatoms. The summed E-state index contributed by atoms with van der Waals surface area (Å²) in [5.74, 6) is 0. The molecule has 2 nitrogen and oxygen atoms in total. The Hall–Kier alpha value is -7.94. The predicted octanol–water partition coefficient (Wildman–Crippen LogP) is 18.7. The number of anilines is 3. The molecular weight excluding hydrogens is 821 g/mol. The van der Waals surface area contributed by atoms with Gasteiger partial charge in [0.05, 0.1) is 16.7 Å². The summed E-state index contributed by atoms with van der Waals surface area (Å²) in [5.41, 5.74) is 19.1. The van der Waals surface area contributed by atoms with Gasteiger partial charge in [-0.3, -0.25) is 0 Å². The van der Waals surface area contributed by atoms with Crippen molar-refractivity contribution in [3.63, 3.8) is 0 Å². The third kappa shape index (κ3) is 7.76. The highest BCUT2D eigenvalue weighted by Gasteiger charge is 2.24. The number of benzene rings is 10. The minimum absolute atomic E-state index is 0.00916. The van der Waals surface area contributed by atoms with Gasteiger partial charge in [0.25, 0.3) is 0 Å². The Labute approximate surface area is 401 Å². The van der Waals surface area contributed by atoms with Gasteiger partial charge in [-0.1, -0.05) is 224 Å². The molecule has 1 heterocycles. The molecule has 0 amide bonds. The maximum Gasteiger partial charge on any atom is 0.0619 e. The van der Waals surface area contributed by atoms with Gasteiger partial charge in [0.1, 0.15) is 0 Å². The van der Waals surface area contributed by atoms with Crippen molar-refractivity contribution in [3.8, 4) is 50.2 Å². The zero-order chi connectivity index (χ0) is 46.6. The Kier molecular flexibility index (Phi) is 10.7. The van der Waals surface area contributed by atoms with E-state index in [9.17, 15) is 0 Å². The van der Waals surface area contributed by atoms with Gasteiger partial charge in [-0.2, -0.15) is 0 Å². The summed E-state index contributed by atoms with van der Waals surface area (Å²) in [7, 11) is 0. The van der Waals surface area contributed by atoms with E-state index in [1.54, 1.807) is 0 Å². The first-order valence-corrected chi connectivity index (χ1v) is 23.9. The van der Waals surface area contributed by atoms with E-state index >= 15 is 0 Å². The van der Waals surface area contributed by atoms with Crippen LogP contribution in [0.2, 0.25) is 0 Å². The summed E-state index contributed by atoms with van der Waals surface area (Å²) in [6.45, 7) is 13.9. The van der Waals surface area contributed by atoms with Crippen LogP contribution in [0.1, 0.15) is 52.7 Å². The van der Waals surface area contributed by atoms with Crippen LogP contribution in [0.5, 0.6) is 0 Å². The predicted molar refractivity (Wildman–Crippen MR) is 292 cm³/mol. The molecule has 1 aromatic heterocycles. The Morgan fingerprint density at radius 3 is 1.62 bits per heavy atom. The third-order valence-corrected chi connectivity index (χ3v) is 13.7. The standard InChI is InChI=1S/C66H56N2/c1-65(2,3)50-41-49(42-51(44-50)66(4,5)6)55-31-18-23-47-24-19-33-59(63(47)55)57-29-13-15-35-61(57)67(53-39-37-46(38-40-53)45-21-9-7-10-22-45)54-28-17-25-48(43-54)56-32-20-34-60-58-30-14-16-36-62(58)68(64(56)60)52-26-11-8-12-27-52/h7-44H,1-6H3. The molecule has 0 saturated heterocycles. The molecule has 330 valence electrons. The van der Waals surface area contributed by atoms with E-state index < -0.39 is 0 Å². The minimum Gasteiger partial charge on any atom is -0.310 e. The SMILES string of the molecule is CC(C)(C)c1cc(-c2cccc3cccc(-c4ccccc4N(c4ccc(-c5ccccc5)cc4)c4cccc(-c5cccc6c7ccccc7n(-c7ccccc7)c56)c4)c23)cc(C(C)(C)C)c1. The molecule has 11 rings (SSSR count). The zero-order valence-electron chi connectivity index (χ0n) is 39.8. The fourth-order valence-corrected chi connectivity index (χ4v) is 10.1. The Morgan fingerprint density at radius 1 is 0.353 bits per heavy atom. The lowest BCUT2D eigenvalue weighted by molar-refractivity contribution is 0.569. The van der Waals surface area contributed by atoms with Crippen LogP contribution in [0.4, 0.5) is 17.1 Å². The Balaban J connectivity index is 1.14. The molecule has 0 aliphatic rings. The average molecular weight is 877 g/mol. The number of fused-ring (bicyclic) bond motifs is 4. The summed E-state index contributed by atoms with van der Waals surface area (Å²) in [4.78, 5) is 2.46. The van der Waals surface area contributed by atoms with E-state index in [1.807, 2.05) is 0 Å². The number of hydrogen-bond acceptors (Lipinski definition) is 1. The van der Waals surface area contributed by atoms with Crippen molar-refractivity contribution in [3.05, 3.63) is 242 Å². The number of para-hydroxylation sites is 4. The number of aromatic nitrogens is 1. The summed E-state index contributed by atoms with van der Waals surface area (Å²) in [6, 6.07) is 85.0. The van der Waals surface area contributed by atoms with Gasteiger partial charge in [0, 0.05) is 39.0 Å². The van der Waals surface area contributed by atoms with E-state index in [0.717, 1.165) is 33.9 Å². The minimum atomic E-state index is -0.00916. The molecule has 68 heavy (non-hydrogen) atoms. The van der Waals surface area contributed by atoms with Crippen LogP contribution in [0, 0.1) is 0 Å². The summed E-state index contributed by atoms with van der Waals surface area (Å²) in [6.07, 6.45) is 0. The van der Waals surface area contributed by atoms with Crippen LogP contribution < -0.4 is 4.90 Å². The van der Waals surface area contributed by atoms with Crippen molar-refractivity contribution in [2.24, 2.45) is 0 Å². The van der Waals surface area contributed by atoms with Gasteiger partial charge < -0.3 is 9.47 Å². The van der Waals surface area contributed by atoms with Crippen molar-refractivity contribution in [2.45, 2.75) is 52.4 Å². The van der Waals surface area contributed by atoms with Gasteiger partial charge in [-0.25, -0.2) is 0 Å². The molecule has 0 fully saturated rings. The van der Waals surface area contributed by atoms with Crippen LogP contribution in [0.3, 0.4) is 0 Å². The van der Waals surface area contributed by atoms with Crippen LogP contribution in [-0.2, 0) is 10.8 Å². The van der Waals surface area contributed by atoms with E-state index in [4.69, 9.17) is 0 Å². The normalized spacial score (nSPS) is 12.0. The lowest BCUT2D eigenvalue weighted by Gasteiger charge is -2.29. The number of rotatable bonds is 8. The molecule has 0 radical (unpaired) electrons. The highest BCUT2D eigenvalue weighted by molar-refractivity contribution is 6.14. The third-order valence-electron chi connectivity index (χ3n) is 13.7. The number of nitrogens with zero attached hydrogens (tertiary/aromatic N) is 2. The van der Waals surface area contributed by atoms with Crippen LogP contribution in [0.25, 0.3) is 82.8 Å². The molecule has 0 spiro atoms. The first-order valence-electron chi connectivity index (χ1n) is 23.9. The quantitative estimate of drug-likeness (QED) is 0.148. The van der Waals surface area contributed by atoms with Gasteiger partial charge in [-0.15, -0.1) is 0 Å². The molecule has 0 aliphatic carbocycles. The molecule has 0 saturated carbocycles. The lowest BCUT2D eigenvalue weighted by Crippen LogP contribution is -2.16. The maximum absolute atomic E-state index is 2.46. The summed E-state index contributed by atoms with van der Waals surface area (Å²) >= 11 is 0. The second-order valence-corrected chi connectivity index (χ2v) is 20.2. The highest BCUT2D eigenvalue weighted by atomic mass is 15.1. The first kappa shape index (κ1) is 42.7. The van der Waals surface area contributed by atoms with Crippen molar-refractivity contribution in [1.29, 1.82) is 0 Å². The van der Waals surface area contributed by atoms with Crippen molar-refractivity contribution < 1.29 is 0 Å². The topological polar surface area (TPSA) is 8.17 Å². The number of hydrogen-bond donors (Lipinski definition) is 0. The van der Waals surface area contributed by atoms with E-state index in [1.165, 1.54) is 77.1 Å². The zero-order valence-corrected chi connectivity index (χ0v) is 39.8. The summed E-state index contributed by atoms with van der Waals surface area (Å²) in [5, 5.41) is 4.95. The molecule has 0 atom stereocenters. The Bertz CT molecular complexity index is 3580. The fraction of sp³-hybridized carbons (Fsp3) is 0.121. The second-order valence-electron chi connectivity index (χ2n) is 20.2. The fourth-order valence-electron chi connectivity index (χ4n) is 10.1. The van der Waals surface area contributed by atoms with Crippen LogP contribution in [0.15, 0.2) is 231 Å². The lowest BCUT2D eigenvalue weighted by atomic mass is 9.78. The largest absolute Gasteiger partial charge is 0.310 e.